The molecule has 286 valence electrons. The Morgan fingerprint density at radius 3 is 1.90 bits per heavy atom. The van der Waals surface area contributed by atoms with Gasteiger partial charge in [-0.25, -0.2) is 4.98 Å². The van der Waals surface area contributed by atoms with Crippen LogP contribution in [0.5, 0.6) is 11.5 Å². The maximum atomic E-state index is 6.81. The summed E-state index contributed by atoms with van der Waals surface area (Å²) in [4.78, 5) is 9.84. The van der Waals surface area contributed by atoms with Gasteiger partial charge in [0.1, 0.15) is 24.0 Å². The lowest BCUT2D eigenvalue weighted by Crippen LogP contribution is -2.26. The fraction of sp³-hybridized carbons (Fsp3) is 0.173. The Morgan fingerprint density at radius 1 is 0.483 bits per heavy atom. The van der Waals surface area contributed by atoms with Crippen LogP contribution in [0.4, 0.5) is 22.7 Å². The Labute approximate surface area is 340 Å². The normalized spacial score (nSPS) is 13.2. The smallest absolute Gasteiger partial charge is 0.137 e. The number of benzene rings is 6. The standard InChI is InChI=1S/C52H47N5O/c1-51(2,3)35-29-30-53-48(31-35)57-47-33-39(27-28-41(47)49-50(57)40-21-10-12-23-43(40)56(49)36-17-8-7-9-18-36)58-38-20-16-19-37(32-38)54-34-55(46-26-15-14-25-45(46)54)44-24-13-11-22-42(44)52(4,5)6/h7-33H,34H2,1-6H3. The Morgan fingerprint density at radius 2 is 1.12 bits per heavy atom. The number of hydrogen-bond donors (Lipinski definition) is 0. The molecule has 0 radical (unpaired) electrons. The predicted octanol–water partition coefficient (Wildman–Crippen LogP) is 13.8. The monoisotopic (exact) mass is 757 g/mol. The number of rotatable bonds is 6. The van der Waals surface area contributed by atoms with Gasteiger partial charge in [-0.15, -0.1) is 0 Å². The minimum absolute atomic E-state index is 0.00247. The Balaban J connectivity index is 1.09. The zero-order chi connectivity index (χ0) is 39.8. The molecule has 4 heterocycles. The van der Waals surface area contributed by atoms with Crippen molar-refractivity contribution < 1.29 is 4.74 Å². The topological polar surface area (TPSA) is 38.5 Å². The molecule has 0 atom stereocenters. The lowest BCUT2D eigenvalue weighted by molar-refractivity contribution is 0.483. The van der Waals surface area contributed by atoms with Crippen LogP contribution in [-0.4, -0.2) is 20.8 Å². The number of anilines is 4. The first-order chi connectivity index (χ1) is 28.0. The Kier molecular flexibility index (Phi) is 8.24. The number of pyridine rings is 1. The van der Waals surface area contributed by atoms with E-state index in [4.69, 9.17) is 9.72 Å². The van der Waals surface area contributed by atoms with Crippen LogP contribution in [0.1, 0.15) is 52.7 Å². The quantitative estimate of drug-likeness (QED) is 0.169. The Bertz CT molecular complexity index is 3000. The van der Waals surface area contributed by atoms with Crippen molar-refractivity contribution in [2.24, 2.45) is 0 Å². The van der Waals surface area contributed by atoms with E-state index in [0.717, 1.165) is 56.1 Å². The zero-order valence-corrected chi connectivity index (χ0v) is 33.9. The van der Waals surface area contributed by atoms with E-state index in [0.29, 0.717) is 6.67 Å². The molecule has 6 nitrogen and oxygen atoms in total. The number of hydrogen-bond acceptors (Lipinski definition) is 4. The third kappa shape index (κ3) is 5.90. The van der Waals surface area contributed by atoms with Crippen molar-refractivity contribution in [3.8, 4) is 23.0 Å². The molecule has 0 amide bonds. The van der Waals surface area contributed by atoms with Crippen LogP contribution >= 0.6 is 0 Å². The molecule has 0 unspecified atom stereocenters. The SMILES string of the molecule is CC(C)(C)c1ccnc(-n2c3cc(Oc4cccc(N5CN(c6ccccc6C(C)(C)C)c6ccccc65)c4)ccc3c3c2c2ccccc2n3-c2ccccc2)c1. The molecule has 10 rings (SSSR count). The summed E-state index contributed by atoms with van der Waals surface area (Å²) in [5.74, 6) is 2.42. The van der Waals surface area contributed by atoms with E-state index < -0.39 is 0 Å². The first kappa shape index (κ1) is 35.6. The molecule has 0 saturated carbocycles. The van der Waals surface area contributed by atoms with Gasteiger partial charge in [0.25, 0.3) is 0 Å². The molecule has 0 saturated heterocycles. The first-order valence-electron chi connectivity index (χ1n) is 20.2. The van der Waals surface area contributed by atoms with E-state index in [-0.39, 0.29) is 10.8 Å². The highest BCUT2D eigenvalue weighted by Crippen LogP contribution is 2.47. The molecule has 3 aromatic heterocycles. The van der Waals surface area contributed by atoms with Crippen molar-refractivity contribution >= 4 is 55.6 Å². The van der Waals surface area contributed by atoms with Crippen LogP contribution in [-0.2, 0) is 10.8 Å². The molecule has 1 aliphatic heterocycles. The molecule has 0 fully saturated rings. The molecule has 9 aromatic rings. The van der Waals surface area contributed by atoms with E-state index in [9.17, 15) is 0 Å². The van der Waals surface area contributed by atoms with Crippen LogP contribution in [0.2, 0.25) is 0 Å². The highest BCUT2D eigenvalue weighted by atomic mass is 16.5. The second-order valence-electron chi connectivity index (χ2n) is 17.4. The maximum Gasteiger partial charge on any atom is 0.137 e. The average molecular weight is 758 g/mol. The molecular formula is C52H47N5O. The lowest BCUT2D eigenvalue weighted by atomic mass is 9.85. The molecule has 0 N–H and O–H groups in total. The highest BCUT2D eigenvalue weighted by Gasteiger charge is 2.31. The van der Waals surface area contributed by atoms with E-state index in [1.165, 1.54) is 33.6 Å². The van der Waals surface area contributed by atoms with Gasteiger partial charge in [-0.3, -0.25) is 4.57 Å². The highest BCUT2D eigenvalue weighted by molar-refractivity contribution is 6.20. The third-order valence-corrected chi connectivity index (χ3v) is 11.5. The number of aromatic nitrogens is 3. The van der Waals surface area contributed by atoms with Gasteiger partial charge in [-0.05, 0) is 94.8 Å². The first-order valence-corrected chi connectivity index (χ1v) is 20.2. The van der Waals surface area contributed by atoms with Crippen molar-refractivity contribution in [3.63, 3.8) is 0 Å². The van der Waals surface area contributed by atoms with Crippen molar-refractivity contribution in [2.75, 3.05) is 16.5 Å². The van der Waals surface area contributed by atoms with Crippen molar-refractivity contribution in [1.29, 1.82) is 0 Å². The summed E-state index contributed by atoms with van der Waals surface area (Å²) in [5.41, 5.74) is 12.8. The summed E-state index contributed by atoms with van der Waals surface area (Å²) in [6.07, 6.45) is 1.94. The second-order valence-corrected chi connectivity index (χ2v) is 17.4. The van der Waals surface area contributed by atoms with Gasteiger partial charge in [0.2, 0.25) is 0 Å². The number of para-hydroxylation sites is 5. The van der Waals surface area contributed by atoms with Gasteiger partial charge in [0.05, 0.1) is 33.4 Å². The van der Waals surface area contributed by atoms with E-state index in [1.807, 2.05) is 12.3 Å². The molecule has 58 heavy (non-hydrogen) atoms. The van der Waals surface area contributed by atoms with Crippen molar-refractivity contribution in [3.05, 3.63) is 175 Å². The fourth-order valence-electron chi connectivity index (χ4n) is 8.70. The van der Waals surface area contributed by atoms with Gasteiger partial charge < -0.3 is 19.1 Å². The van der Waals surface area contributed by atoms with Crippen LogP contribution in [0.25, 0.3) is 44.3 Å². The summed E-state index contributed by atoms with van der Waals surface area (Å²) in [7, 11) is 0. The largest absolute Gasteiger partial charge is 0.457 e. The molecular weight excluding hydrogens is 711 g/mol. The number of nitrogens with zero attached hydrogens (tertiary/aromatic N) is 5. The number of ether oxygens (including phenoxy) is 1. The summed E-state index contributed by atoms with van der Waals surface area (Å²) in [6.45, 7) is 14.3. The van der Waals surface area contributed by atoms with Crippen LogP contribution in [0.15, 0.2) is 164 Å². The molecule has 0 aliphatic carbocycles. The molecule has 6 heteroatoms. The van der Waals surface area contributed by atoms with Gasteiger partial charge in [0.15, 0.2) is 0 Å². The third-order valence-electron chi connectivity index (χ3n) is 11.5. The van der Waals surface area contributed by atoms with Gasteiger partial charge in [0, 0.05) is 46.2 Å². The van der Waals surface area contributed by atoms with Crippen LogP contribution in [0, 0.1) is 0 Å². The fourth-order valence-corrected chi connectivity index (χ4v) is 8.70. The molecule has 1 aliphatic rings. The van der Waals surface area contributed by atoms with Crippen LogP contribution < -0.4 is 14.5 Å². The summed E-state index contributed by atoms with van der Waals surface area (Å²) >= 11 is 0. The van der Waals surface area contributed by atoms with E-state index in [1.54, 1.807) is 0 Å². The summed E-state index contributed by atoms with van der Waals surface area (Å²) in [5, 5.41) is 2.30. The minimum Gasteiger partial charge on any atom is -0.457 e. The molecule has 6 aromatic carbocycles. The Hall–Kier alpha value is -6.79. The molecule has 0 spiro atoms. The van der Waals surface area contributed by atoms with Gasteiger partial charge in [-0.2, -0.15) is 0 Å². The summed E-state index contributed by atoms with van der Waals surface area (Å²) in [6, 6.07) is 56.1. The number of fused-ring (bicyclic) bond motifs is 6. The lowest BCUT2D eigenvalue weighted by Gasteiger charge is -2.29. The van der Waals surface area contributed by atoms with Gasteiger partial charge in [-0.1, -0.05) is 114 Å². The molecule has 0 bridgehead atoms. The zero-order valence-electron chi connectivity index (χ0n) is 33.9. The van der Waals surface area contributed by atoms with Crippen molar-refractivity contribution in [1.82, 2.24) is 14.1 Å². The van der Waals surface area contributed by atoms with Crippen molar-refractivity contribution in [2.45, 2.75) is 52.4 Å². The summed E-state index contributed by atoms with van der Waals surface area (Å²) < 4.78 is 11.5. The van der Waals surface area contributed by atoms with E-state index >= 15 is 0 Å². The average Bonchev–Trinajstić information content (AvgIpc) is 3.88. The second kappa shape index (κ2) is 13.4. The maximum absolute atomic E-state index is 6.81. The van der Waals surface area contributed by atoms with E-state index in [2.05, 4.69) is 212 Å². The minimum atomic E-state index is -0.0417. The van der Waals surface area contributed by atoms with Gasteiger partial charge >= 0.3 is 0 Å². The van der Waals surface area contributed by atoms with Crippen LogP contribution in [0.3, 0.4) is 0 Å². The predicted molar refractivity (Wildman–Crippen MR) is 241 cm³/mol.